The molecule has 0 aromatic heterocycles. The van der Waals surface area contributed by atoms with Crippen LogP contribution in [0.1, 0.15) is 22.8 Å². The minimum absolute atomic E-state index is 0.00276. The smallest absolute Gasteiger partial charge is 0.342 e. The zero-order valence-corrected chi connectivity index (χ0v) is 15.8. The Kier molecular flexibility index (Phi) is 5.30. The Morgan fingerprint density at radius 1 is 1.31 bits per heavy atom. The lowest BCUT2D eigenvalue weighted by Gasteiger charge is -2.41. The number of hydrogen-bond acceptors (Lipinski definition) is 8. The number of allylic oxidation sites excluding steroid dienone is 3. The van der Waals surface area contributed by atoms with Crippen LogP contribution in [-0.2, 0) is 19.1 Å². The molecule has 0 radical (unpaired) electrons. The first-order valence-corrected chi connectivity index (χ1v) is 8.83. The van der Waals surface area contributed by atoms with Crippen LogP contribution >= 0.6 is 0 Å². The molecule has 152 valence electrons. The number of phenolic OH excluding ortho intramolecular Hbond substituents is 2. The Balaban J connectivity index is 1.95. The van der Waals surface area contributed by atoms with E-state index in [0.29, 0.717) is 17.6 Å². The topological polar surface area (TPSA) is 130 Å². The van der Waals surface area contributed by atoms with Gasteiger partial charge in [-0.1, -0.05) is 0 Å². The molecule has 0 amide bonds. The van der Waals surface area contributed by atoms with Gasteiger partial charge in [0.05, 0.1) is 12.5 Å². The number of aryl methyl sites for hydroxylation is 1. The van der Waals surface area contributed by atoms with Crippen molar-refractivity contribution in [1.29, 1.82) is 0 Å². The summed E-state index contributed by atoms with van der Waals surface area (Å²) in [5.41, 5.74) is -1.42. The maximum Gasteiger partial charge on any atom is 0.342 e. The summed E-state index contributed by atoms with van der Waals surface area (Å²) in [4.78, 5) is 35.7. The summed E-state index contributed by atoms with van der Waals surface area (Å²) < 4.78 is 11.0. The standard InChI is InChI=1S/C21H20O8/c1-11-6-13(23)9-16(24)18(11)20(26)29-19-15-10-28-14(4-3-5-22)7-12(15)8-17(25)21(19,2)27/h3-9,15,19,23-24,27H,10H2,1-2H3. The van der Waals surface area contributed by atoms with Crippen LogP contribution in [0, 0.1) is 12.8 Å². The molecule has 0 spiro atoms. The van der Waals surface area contributed by atoms with Crippen LogP contribution < -0.4 is 0 Å². The number of fused-ring (bicyclic) bond motifs is 1. The fourth-order valence-corrected chi connectivity index (χ4v) is 3.45. The van der Waals surface area contributed by atoms with Gasteiger partial charge in [0.15, 0.2) is 11.4 Å². The second-order valence-electron chi connectivity index (χ2n) is 7.10. The summed E-state index contributed by atoms with van der Waals surface area (Å²) >= 11 is 0. The molecule has 8 heteroatoms. The van der Waals surface area contributed by atoms with E-state index in [2.05, 4.69) is 0 Å². The number of hydrogen-bond donors (Lipinski definition) is 3. The normalized spacial score (nSPS) is 26.2. The van der Waals surface area contributed by atoms with Crippen molar-refractivity contribution in [1.82, 2.24) is 0 Å². The molecule has 0 bridgehead atoms. The van der Waals surface area contributed by atoms with Gasteiger partial charge < -0.3 is 24.8 Å². The molecule has 1 aliphatic carbocycles. The third-order valence-electron chi connectivity index (χ3n) is 4.96. The number of aromatic hydroxyl groups is 2. The van der Waals surface area contributed by atoms with E-state index in [1.807, 2.05) is 0 Å². The fraction of sp³-hybridized carbons (Fsp3) is 0.286. The van der Waals surface area contributed by atoms with Gasteiger partial charge in [-0.15, -0.1) is 0 Å². The molecule has 0 saturated heterocycles. The number of aliphatic hydroxyl groups is 1. The number of esters is 1. The highest BCUT2D eigenvalue weighted by Crippen LogP contribution is 2.38. The van der Waals surface area contributed by atoms with Crippen LogP contribution in [0.15, 0.2) is 47.8 Å². The highest BCUT2D eigenvalue weighted by atomic mass is 16.6. The molecule has 3 N–H and O–H groups in total. The highest BCUT2D eigenvalue weighted by Gasteiger charge is 2.51. The highest BCUT2D eigenvalue weighted by molar-refractivity contribution is 6.00. The lowest BCUT2D eigenvalue weighted by molar-refractivity contribution is -0.151. The number of ketones is 1. The number of benzene rings is 1. The summed E-state index contributed by atoms with van der Waals surface area (Å²) in [7, 11) is 0. The Morgan fingerprint density at radius 2 is 2.03 bits per heavy atom. The molecule has 2 aliphatic rings. The molecule has 3 atom stereocenters. The molecule has 8 nitrogen and oxygen atoms in total. The lowest BCUT2D eigenvalue weighted by Crippen LogP contribution is -2.56. The first-order valence-electron chi connectivity index (χ1n) is 8.83. The first kappa shape index (κ1) is 20.3. The molecule has 1 aromatic carbocycles. The Bertz CT molecular complexity index is 944. The second kappa shape index (κ2) is 7.56. The van der Waals surface area contributed by atoms with E-state index in [-0.39, 0.29) is 23.5 Å². The van der Waals surface area contributed by atoms with Gasteiger partial charge in [0.2, 0.25) is 0 Å². The van der Waals surface area contributed by atoms with E-state index in [1.165, 1.54) is 44.2 Å². The largest absolute Gasteiger partial charge is 0.508 e. The third-order valence-corrected chi connectivity index (χ3v) is 4.96. The Labute approximate surface area is 166 Å². The zero-order chi connectivity index (χ0) is 21.3. The Morgan fingerprint density at radius 3 is 2.69 bits per heavy atom. The lowest BCUT2D eigenvalue weighted by atomic mass is 9.75. The van der Waals surface area contributed by atoms with Gasteiger partial charge in [-0.2, -0.15) is 0 Å². The van der Waals surface area contributed by atoms with Gasteiger partial charge in [0.1, 0.15) is 35.2 Å². The summed E-state index contributed by atoms with van der Waals surface area (Å²) in [6, 6.07) is 2.28. The summed E-state index contributed by atoms with van der Waals surface area (Å²) in [6.45, 7) is 2.75. The summed E-state index contributed by atoms with van der Waals surface area (Å²) in [5, 5.41) is 30.3. The van der Waals surface area contributed by atoms with Crippen LogP contribution in [0.3, 0.4) is 0 Å². The summed E-state index contributed by atoms with van der Waals surface area (Å²) in [6.07, 6.45) is 4.77. The van der Waals surface area contributed by atoms with Crippen molar-refractivity contribution >= 4 is 18.0 Å². The van der Waals surface area contributed by atoms with Gasteiger partial charge in [-0.3, -0.25) is 9.59 Å². The minimum atomic E-state index is -2.00. The van der Waals surface area contributed by atoms with E-state index in [0.717, 1.165) is 6.07 Å². The van der Waals surface area contributed by atoms with Crippen LogP contribution in [-0.4, -0.2) is 51.7 Å². The molecule has 1 aromatic rings. The summed E-state index contributed by atoms with van der Waals surface area (Å²) in [5.74, 6) is -2.58. The maximum absolute atomic E-state index is 12.7. The average molecular weight is 400 g/mol. The van der Waals surface area contributed by atoms with Crippen molar-refractivity contribution in [3.63, 3.8) is 0 Å². The van der Waals surface area contributed by atoms with E-state index in [4.69, 9.17) is 9.47 Å². The van der Waals surface area contributed by atoms with Crippen LogP contribution in [0.5, 0.6) is 11.5 Å². The quantitative estimate of drug-likeness (QED) is 0.394. The molecular formula is C21H20O8. The maximum atomic E-state index is 12.7. The molecule has 1 aliphatic heterocycles. The predicted molar refractivity (Wildman–Crippen MR) is 100 cm³/mol. The van der Waals surface area contributed by atoms with Gasteiger partial charge in [0.25, 0.3) is 0 Å². The SMILES string of the molecule is Cc1cc(O)cc(O)c1C(=O)OC1C2COC(C=CC=O)=CC2=CC(=O)C1(C)O. The van der Waals surface area contributed by atoms with Crippen molar-refractivity contribution in [2.24, 2.45) is 5.92 Å². The number of aldehydes is 1. The predicted octanol–water partition coefficient (Wildman–Crippen LogP) is 1.48. The molecule has 0 fully saturated rings. The number of carbonyl (C=O) groups excluding carboxylic acids is 3. The average Bonchev–Trinajstić information content (AvgIpc) is 2.63. The van der Waals surface area contributed by atoms with E-state index in [9.17, 15) is 29.7 Å². The van der Waals surface area contributed by atoms with E-state index < -0.39 is 35.1 Å². The number of rotatable bonds is 4. The van der Waals surface area contributed by atoms with E-state index in [1.54, 1.807) is 0 Å². The van der Waals surface area contributed by atoms with Gasteiger partial charge in [-0.05, 0) is 55.4 Å². The van der Waals surface area contributed by atoms with Crippen molar-refractivity contribution < 1.29 is 39.2 Å². The number of ether oxygens (including phenoxy) is 2. The second-order valence-corrected chi connectivity index (χ2v) is 7.10. The van der Waals surface area contributed by atoms with Crippen LogP contribution in [0.4, 0.5) is 0 Å². The minimum Gasteiger partial charge on any atom is -0.508 e. The van der Waals surface area contributed by atoms with Crippen molar-refractivity contribution in [3.8, 4) is 11.5 Å². The Hall–Kier alpha value is -3.39. The van der Waals surface area contributed by atoms with E-state index >= 15 is 0 Å². The van der Waals surface area contributed by atoms with Crippen molar-refractivity contribution in [2.75, 3.05) is 6.61 Å². The molecule has 0 saturated carbocycles. The third kappa shape index (κ3) is 3.79. The molecule has 29 heavy (non-hydrogen) atoms. The number of carbonyl (C=O) groups is 3. The van der Waals surface area contributed by atoms with Crippen LogP contribution in [0.2, 0.25) is 0 Å². The fourth-order valence-electron chi connectivity index (χ4n) is 3.45. The zero-order valence-electron chi connectivity index (χ0n) is 15.8. The first-order chi connectivity index (χ1) is 13.6. The number of phenols is 2. The van der Waals surface area contributed by atoms with Gasteiger partial charge >= 0.3 is 5.97 Å². The van der Waals surface area contributed by atoms with Crippen molar-refractivity contribution in [2.45, 2.75) is 25.6 Å². The van der Waals surface area contributed by atoms with Crippen molar-refractivity contribution in [3.05, 3.63) is 58.9 Å². The molecule has 3 unspecified atom stereocenters. The van der Waals surface area contributed by atoms with Gasteiger partial charge in [-0.25, -0.2) is 4.79 Å². The van der Waals surface area contributed by atoms with Crippen LogP contribution in [0.25, 0.3) is 0 Å². The monoisotopic (exact) mass is 400 g/mol. The molecule has 1 heterocycles. The molecule has 3 rings (SSSR count). The van der Waals surface area contributed by atoms with Gasteiger partial charge in [0, 0.05) is 6.07 Å². The molecular weight excluding hydrogens is 380 g/mol.